The zero-order valence-electron chi connectivity index (χ0n) is 12.6. The van der Waals surface area contributed by atoms with Crippen molar-refractivity contribution < 1.29 is 0 Å². The summed E-state index contributed by atoms with van der Waals surface area (Å²) in [7, 11) is 0. The van der Waals surface area contributed by atoms with Crippen LogP contribution in [0.15, 0.2) is 16.8 Å². The topological polar surface area (TPSA) is 12.0 Å². The summed E-state index contributed by atoms with van der Waals surface area (Å²) in [5.74, 6) is 5.12. The predicted molar refractivity (Wildman–Crippen MR) is 85.9 cm³/mol. The van der Waals surface area contributed by atoms with Gasteiger partial charge in [0.25, 0.3) is 0 Å². The monoisotopic (exact) mass is 289 g/mol. The fraction of sp³-hybridized carbons (Fsp3) is 0.778. The van der Waals surface area contributed by atoms with Gasteiger partial charge in [-0.2, -0.15) is 11.3 Å². The Bertz CT molecular complexity index is 410. The van der Waals surface area contributed by atoms with E-state index in [0.717, 1.165) is 29.6 Å². The molecule has 4 saturated carbocycles. The summed E-state index contributed by atoms with van der Waals surface area (Å²) < 4.78 is 0. The van der Waals surface area contributed by atoms with E-state index < -0.39 is 0 Å². The van der Waals surface area contributed by atoms with Crippen LogP contribution in [0.2, 0.25) is 0 Å². The van der Waals surface area contributed by atoms with Crippen molar-refractivity contribution in [2.75, 3.05) is 6.54 Å². The van der Waals surface area contributed by atoms with Gasteiger partial charge in [0.05, 0.1) is 0 Å². The molecule has 0 saturated heterocycles. The second kappa shape index (κ2) is 5.46. The van der Waals surface area contributed by atoms with Crippen LogP contribution >= 0.6 is 11.3 Å². The Morgan fingerprint density at radius 3 is 2.40 bits per heavy atom. The molecule has 4 fully saturated rings. The number of hydrogen-bond acceptors (Lipinski definition) is 2. The molecule has 4 bridgehead atoms. The first-order valence-electron chi connectivity index (χ1n) is 8.60. The largest absolute Gasteiger partial charge is 0.310 e. The molecule has 0 spiro atoms. The maximum Gasteiger partial charge on any atom is 0.0362 e. The van der Waals surface area contributed by atoms with E-state index in [1.54, 1.807) is 12.0 Å². The van der Waals surface area contributed by atoms with Gasteiger partial charge in [0.15, 0.2) is 0 Å². The molecular weight excluding hydrogens is 262 g/mol. The molecule has 110 valence electrons. The lowest BCUT2D eigenvalue weighted by Gasteiger charge is -2.56. The summed E-state index contributed by atoms with van der Waals surface area (Å²) in [6.45, 7) is 3.46. The maximum atomic E-state index is 3.91. The molecule has 5 rings (SSSR count). The van der Waals surface area contributed by atoms with Gasteiger partial charge >= 0.3 is 0 Å². The average Bonchev–Trinajstić information content (AvgIpc) is 2.94. The third-order valence-corrected chi connectivity index (χ3v) is 6.90. The van der Waals surface area contributed by atoms with E-state index in [0.29, 0.717) is 6.04 Å². The molecule has 1 heterocycles. The van der Waals surface area contributed by atoms with Crippen LogP contribution in [0.1, 0.15) is 57.1 Å². The van der Waals surface area contributed by atoms with E-state index in [1.807, 2.05) is 11.3 Å². The highest BCUT2D eigenvalue weighted by atomic mass is 32.1. The maximum absolute atomic E-state index is 3.91. The van der Waals surface area contributed by atoms with E-state index >= 15 is 0 Å². The Hall–Kier alpha value is -0.340. The highest BCUT2D eigenvalue weighted by Gasteiger charge is 2.50. The second-order valence-corrected chi connectivity index (χ2v) is 8.28. The van der Waals surface area contributed by atoms with Crippen LogP contribution in [-0.2, 0) is 0 Å². The summed E-state index contributed by atoms with van der Waals surface area (Å²) in [5.41, 5.74) is 1.57. The Morgan fingerprint density at radius 2 is 1.85 bits per heavy atom. The van der Waals surface area contributed by atoms with Crippen molar-refractivity contribution in [3.63, 3.8) is 0 Å². The lowest BCUT2D eigenvalue weighted by Crippen LogP contribution is -2.49. The van der Waals surface area contributed by atoms with Gasteiger partial charge in [0, 0.05) is 6.04 Å². The summed E-state index contributed by atoms with van der Waals surface area (Å²) in [6, 6.07) is 3.00. The average molecular weight is 289 g/mol. The van der Waals surface area contributed by atoms with Crippen LogP contribution in [0.3, 0.4) is 0 Å². The van der Waals surface area contributed by atoms with Gasteiger partial charge in [-0.3, -0.25) is 0 Å². The molecule has 1 aromatic heterocycles. The summed E-state index contributed by atoms with van der Waals surface area (Å²) in [5, 5.41) is 8.55. The SMILES string of the molecule is CCCNC(c1ccsc1)C1C2CC3CC(C2)CC1C3. The molecule has 0 aromatic carbocycles. The van der Waals surface area contributed by atoms with Crippen LogP contribution in [-0.4, -0.2) is 6.54 Å². The summed E-state index contributed by atoms with van der Waals surface area (Å²) >= 11 is 1.86. The first-order valence-corrected chi connectivity index (χ1v) is 9.55. The van der Waals surface area contributed by atoms with Crippen molar-refractivity contribution in [3.8, 4) is 0 Å². The number of rotatable bonds is 5. The normalized spacial score (nSPS) is 40.1. The van der Waals surface area contributed by atoms with Crippen molar-refractivity contribution in [2.24, 2.45) is 29.6 Å². The van der Waals surface area contributed by atoms with Crippen molar-refractivity contribution in [1.29, 1.82) is 0 Å². The number of hydrogen-bond donors (Lipinski definition) is 1. The molecular formula is C18H27NS. The van der Waals surface area contributed by atoms with Crippen LogP contribution in [0.5, 0.6) is 0 Å². The molecule has 4 aliphatic rings. The molecule has 2 heteroatoms. The fourth-order valence-corrected chi connectivity index (χ4v) is 6.44. The van der Waals surface area contributed by atoms with Crippen LogP contribution < -0.4 is 5.32 Å². The van der Waals surface area contributed by atoms with E-state index in [9.17, 15) is 0 Å². The van der Waals surface area contributed by atoms with Crippen LogP contribution in [0.25, 0.3) is 0 Å². The van der Waals surface area contributed by atoms with Gasteiger partial charge in [-0.25, -0.2) is 0 Å². The van der Waals surface area contributed by atoms with E-state index in [4.69, 9.17) is 0 Å². The Kier molecular flexibility index (Phi) is 3.64. The lowest BCUT2D eigenvalue weighted by atomic mass is 9.50. The highest BCUT2D eigenvalue weighted by molar-refractivity contribution is 7.07. The molecule has 0 aliphatic heterocycles. The lowest BCUT2D eigenvalue weighted by molar-refractivity contribution is -0.0524. The summed E-state index contributed by atoms with van der Waals surface area (Å²) in [4.78, 5) is 0. The highest BCUT2D eigenvalue weighted by Crippen LogP contribution is 2.59. The molecule has 4 aliphatic carbocycles. The minimum absolute atomic E-state index is 0.635. The molecule has 1 atom stereocenters. The molecule has 0 amide bonds. The second-order valence-electron chi connectivity index (χ2n) is 7.50. The Balaban J connectivity index is 1.59. The van der Waals surface area contributed by atoms with Gasteiger partial charge in [-0.05, 0) is 97.0 Å². The molecule has 0 radical (unpaired) electrons. The zero-order valence-corrected chi connectivity index (χ0v) is 13.4. The van der Waals surface area contributed by atoms with Crippen molar-refractivity contribution >= 4 is 11.3 Å². The number of nitrogens with one attached hydrogen (secondary N) is 1. The fourth-order valence-electron chi connectivity index (χ4n) is 5.74. The van der Waals surface area contributed by atoms with E-state index in [-0.39, 0.29) is 0 Å². The van der Waals surface area contributed by atoms with Gasteiger partial charge in [-0.1, -0.05) is 6.92 Å². The first kappa shape index (κ1) is 13.3. The summed E-state index contributed by atoms with van der Waals surface area (Å²) in [6.07, 6.45) is 8.94. The van der Waals surface area contributed by atoms with Crippen LogP contribution in [0, 0.1) is 29.6 Å². The molecule has 20 heavy (non-hydrogen) atoms. The van der Waals surface area contributed by atoms with Gasteiger partial charge in [0.2, 0.25) is 0 Å². The van der Waals surface area contributed by atoms with Gasteiger partial charge in [-0.15, -0.1) is 0 Å². The third kappa shape index (κ3) is 2.25. The zero-order chi connectivity index (χ0) is 13.5. The predicted octanol–water partition coefficient (Wildman–Crippen LogP) is 4.86. The number of thiophene rings is 1. The van der Waals surface area contributed by atoms with Crippen molar-refractivity contribution in [3.05, 3.63) is 22.4 Å². The van der Waals surface area contributed by atoms with Crippen molar-refractivity contribution in [2.45, 2.75) is 51.5 Å². The van der Waals surface area contributed by atoms with E-state index in [1.165, 1.54) is 38.6 Å². The molecule has 1 N–H and O–H groups in total. The minimum atomic E-state index is 0.635. The molecule has 1 unspecified atom stereocenters. The Morgan fingerprint density at radius 1 is 1.15 bits per heavy atom. The molecule has 1 nitrogen and oxygen atoms in total. The molecule has 1 aromatic rings. The third-order valence-electron chi connectivity index (χ3n) is 6.20. The smallest absolute Gasteiger partial charge is 0.0362 e. The van der Waals surface area contributed by atoms with Gasteiger partial charge < -0.3 is 5.32 Å². The quantitative estimate of drug-likeness (QED) is 0.816. The Labute approximate surface area is 127 Å². The van der Waals surface area contributed by atoms with E-state index in [2.05, 4.69) is 29.1 Å². The minimum Gasteiger partial charge on any atom is -0.310 e. The van der Waals surface area contributed by atoms with Crippen molar-refractivity contribution in [1.82, 2.24) is 5.32 Å². The van der Waals surface area contributed by atoms with Crippen LogP contribution in [0.4, 0.5) is 0 Å². The standard InChI is InChI=1S/C18H27NS/c1-2-4-19-18(14-3-5-20-11-14)17-15-7-12-6-13(9-15)10-16(17)8-12/h3,5,11-13,15-19H,2,4,6-10H2,1H3. The van der Waals surface area contributed by atoms with Gasteiger partial charge in [0.1, 0.15) is 0 Å². The first-order chi connectivity index (χ1) is 9.85.